The van der Waals surface area contributed by atoms with Crippen LogP contribution < -0.4 is 0 Å². The first-order valence-corrected chi connectivity index (χ1v) is 7.42. The van der Waals surface area contributed by atoms with Crippen LogP contribution in [0.5, 0.6) is 0 Å². The van der Waals surface area contributed by atoms with Gasteiger partial charge in [0.25, 0.3) is 0 Å². The van der Waals surface area contributed by atoms with E-state index in [1.54, 1.807) is 0 Å². The van der Waals surface area contributed by atoms with Gasteiger partial charge in [0.1, 0.15) is 29.6 Å². The molecule has 2 unspecified atom stereocenters. The van der Waals surface area contributed by atoms with E-state index < -0.39 is 37.4 Å². The second kappa shape index (κ2) is 5.40. The summed E-state index contributed by atoms with van der Waals surface area (Å²) in [5.41, 5.74) is 0. The van der Waals surface area contributed by atoms with E-state index >= 15 is 0 Å². The van der Waals surface area contributed by atoms with Crippen LogP contribution in [-0.4, -0.2) is 82.5 Å². The number of fused-ring (bicyclic) bond motifs is 1. The molecule has 9 heteroatoms. The summed E-state index contributed by atoms with van der Waals surface area (Å²) in [6, 6.07) is -0.267. The number of hydrogen-bond acceptors (Lipinski definition) is 8. The zero-order valence-corrected chi connectivity index (χ0v) is 11.5. The number of ether oxygens (including phenoxy) is 1. The van der Waals surface area contributed by atoms with Crippen molar-refractivity contribution in [3.63, 3.8) is 0 Å². The van der Waals surface area contributed by atoms with E-state index in [2.05, 4.69) is 15.0 Å². The molecule has 0 saturated carbocycles. The second-order valence-corrected chi connectivity index (χ2v) is 5.52. The van der Waals surface area contributed by atoms with Gasteiger partial charge in [-0.1, -0.05) is 0 Å². The van der Waals surface area contributed by atoms with Crippen molar-refractivity contribution in [3.05, 3.63) is 0 Å². The Hall–Kier alpha value is -1.03. The number of halogens is 1. The van der Waals surface area contributed by atoms with Crippen molar-refractivity contribution in [1.29, 1.82) is 0 Å². The predicted octanol–water partition coefficient (Wildman–Crippen LogP) is -0.755. The fourth-order valence-electron chi connectivity index (χ4n) is 2.53. The van der Waals surface area contributed by atoms with E-state index in [1.165, 1.54) is 29.3 Å². The molecule has 7 nitrogen and oxygen atoms in total. The average Bonchev–Trinajstić information content (AvgIpc) is 3.01. The molecule has 0 spiro atoms. The molecule has 3 heterocycles. The van der Waals surface area contributed by atoms with Gasteiger partial charge in [0.15, 0.2) is 18.6 Å². The molecule has 3 aliphatic heterocycles. The number of alkyl halides is 1. The molecule has 20 heavy (non-hydrogen) atoms. The highest BCUT2D eigenvalue weighted by Crippen LogP contribution is 2.32. The standard InChI is InChI=1S/C11H15FN4O3S/c1-20-10-7-9(13-3-14-10)16(4-15-7)11-6(12)8(18)5(2-17)19-11/h3-9,11,17-18H,2H2,1H3/t5-,6-,7?,8-,9?,11-/m1/s1. The van der Waals surface area contributed by atoms with Crippen molar-refractivity contribution in [2.75, 3.05) is 12.9 Å². The zero-order chi connectivity index (χ0) is 14.3. The second-order valence-electron chi connectivity index (χ2n) is 4.69. The summed E-state index contributed by atoms with van der Waals surface area (Å²) in [5.74, 6) is 0. The molecule has 3 rings (SSSR count). The largest absolute Gasteiger partial charge is 0.394 e. The third-order valence-electron chi connectivity index (χ3n) is 3.58. The monoisotopic (exact) mass is 302 g/mol. The maximum absolute atomic E-state index is 14.1. The molecule has 110 valence electrons. The van der Waals surface area contributed by atoms with Gasteiger partial charge >= 0.3 is 0 Å². The molecule has 0 aromatic heterocycles. The maximum atomic E-state index is 14.1. The van der Waals surface area contributed by atoms with Crippen LogP contribution in [0.3, 0.4) is 0 Å². The van der Waals surface area contributed by atoms with Crippen LogP contribution in [0.1, 0.15) is 0 Å². The lowest BCUT2D eigenvalue weighted by Gasteiger charge is -2.31. The first-order valence-electron chi connectivity index (χ1n) is 6.20. The van der Waals surface area contributed by atoms with Crippen molar-refractivity contribution < 1.29 is 19.3 Å². The lowest BCUT2D eigenvalue weighted by molar-refractivity contribution is -0.0690. The van der Waals surface area contributed by atoms with Gasteiger partial charge in [0.2, 0.25) is 0 Å². The van der Waals surface area contributed by atoms with E-state index in [0.29, 0.717) is 0 Å². The molecule has 6 atom stereocenters. The van der Waals surface area contributed by atoms with Crippen LogP contribution in [-0.2, 0) is 4.74 Å². The molecule has 0 bridgehead atoms. The highest BCUT2D eigenvalue weighted by Gasteiger charge is 2.50. The number of aliphatic hydroxyl groups excluding tert-OH is 2. The minimum absolute atomic E-state index is 0.267. The summed E-state index contributed by atoms with van der Waals surface area (Å²) in [6.07, 6.45) is -0.513. The van der Waals surface area contributed by atoms with E-state index in [9.17, 15) is 9.50 Å². The summed E-state index contributed by atoms with van der Waals surface area (Å²) in [6.45, 7) is -0.433. The Balaban J connectivity index is 1.79. The zero-order valence-electron chi connectivity index (χ0n) is 10.7. The number of nitrogens with zero attached hydrogens (tertiary/aromatic N) is 4. The fourth-order valence-corrected chi connectivity index (χ4v) is 3.10. The lowest BCUT2D eigenvalue weighted by Crippen LogP contribution is -2.48. The van der Waals surface area contributed by atoms with Crippen LogP contribution in [0.2, 0.25) is 0 Å². The van der Waals surface area contributed by atoms with Crippen LogP contribution >= 0.6 is 11.8 Å². The molecule has 3 aliphatic rings. The van der Waals surface area contributed by atoms with Crippen molar-refractivity contribution >= 4 is 29.5 Å². The first-order chi connectivity index (χ1) is 9.67. The third-order valence-corrected chi connectivity index (χ3v) is 4.35. The molecule has 0 aromatic carbocycles. The van der Waals surface area contributed by atoms with Crippen LogP contribution in [0.4, 0.5) is 4.39 Å². The van der Waals surface area contributed by atoms with Gasteiger partial charge in [0.05, 0.1) is 12.9 Å². The number of aliphatic hydroxyl groups is 2. The maximum Gasteiger partial charge on any atom is 0.173 e. The van der Waals surface area contributed by atoms with Crippen molar-refractivity contribution in [2.24, 2.45) is 15.0 Å². The van der Waals surface area contributed by atoms with Crippen LogP contribution in [0.25, 0.3) is 0 Å². The van der Waals surface area contributed by atoms with Crippen LogP contribution in [0.15, 0.2) is 15.0 Å². The summed E-state index contributed by atoms with van der Waals surface area (Å²) in [4.78, 5) is 14.2. The predicted molar refractivity (Wildman–Crippen MR) is 74.0 cm³/mol. The smallest absolute Gasteiger partial charge is 0.173 e. The van der Waals surface area contributed by atoms with Crippen molar-refractivity contribution in [3.8, 4) is 0 Å². The third kappa shape index (κ3) is 2.05. The van der Waals surface area contributed by atoms with Gasteiger partial charge < -0.3 is 19.8 Å². The number of rotatable bonds is 2. The molecule has 1 fully saturated rings. The number of thioether (sulfide) groups is 1. The minimum atomic E-state index is -1.62. The van der Waals surface area contributed by atoms with E-state index in [1.807, 2.05) is 6.26 Å². The minimum Gasteiger partial charge on any atom is -0.394 e. The molecule has 1 saturated heterocycles. The Morgan fingerprint density at radius 2 is 2.30 bits per heavy atom. The quantitative estimate of drug-likeness (QED) is 0.700. The van der Waals surface area contributed by atoms with E-state index in [4.69, 9.17) is 9.84 Å². The average molecular weight is 302 g/mol. The summed E-state index contributed by atoms with van der Waals surface area (Å²) in [7, 11) is 0. The molecule has 0 aliphatic carbocycles. The molecular weight excluding hydrogens is 287 g/mol. The van der Waals surface area contributed by atoms with Gasteiger partial charge in [0, 0.05) is 0 Å². The molecule has 0 aromatic rings. The molecule has 2 N–H and O–H groups in total. The Kier molecular flexibility index (Phi) is 3.76. The summed E-state index contributed by atoms with van der Waals surface area (Å²) in [5, 5.41) is 19.6. The van der Waals surface area contributed by atoms with Crippen LogP contribution in [0, 0.1) is 0 Å². The van der Waals surface area contributed by atoms with E-state index in [0.717, 1.165) is 5.04 Å². The molecular formula is C11H15FN4O3S. The number of aliphatic imine (C=N–C) groups is 3. The van der Waals surface area contributed by atoms with Gasteiger partial charge in [-0.3, -0.25) is 4.99 Å². The van der Waals surface area contributed by atoms with Gasteiger partial charge in [-0.05, 0) is 6.26 Å². The summed E-state index contributed by atoms with van der Waals surface area (Å²) < 4.78 is 19.5. The highest BCUT2D eigenvalue weighted by molar-refractivity contribution is 8.13. The number of hydrogen-bond donors (Lipinski definition) is 2. The van der Waals surface area contributed by atoms with Crippen molar-refractivity contribution in [2.45, 2.75) is 36.8 Å². The Labute approximate surface area is 119 Å². The molecule has 0 radical (unpaired) electrons. The SMILES string of the molecule is CSC1=NC=NC2C1N=CN2[C@@H]1O[C@H](CO)[C@@H](O)[C@H]1F. The fraction of sp³-hybridized carbons (Fsp3) is 0.727. The Morgan fingerprint density at radius 3 is 2.95 bits per heavy atom. The first kappa shape index (κ1) is 13.9. The molecule has 0 amide bonds. The van der Waals surface area contributed by atoms with Gasteiger partial charge in [-0.25, -0.2) is 14.4 Å². The lowest BCUT2D eigenvalue weighted by atomic mass is 10.1. The van der Waals surface area contributed by atoms with Crippen molar-refractivity contribution in [1.82, 2.24) is 4.90 Å². The summed E-state index contributed by atoms with van der Waals surface area (Å²) >= 11 is 1.47. The normalized spacial score (nSPS) is 43.0. The Bertz CT molecular complexity index is 475. The Morgan fingerprint density at radius 1 is 1.50 bits per heavy atom. The van der Waals surface area contributed by atoms with E-state index in [-0.39, 0.29) is 6.04 Å². The topological polar surface area (TPSA) is 90.0 Å². The van der Waals surface area contributed by atoms with Gasteiger partial charge in [-0.2, -0.15) is 0 Å². The van der Waals surface area contributed by atoms with Gasteiger partial charge in [-0.15, -0.1) is 11.8 Å². The highest BCUT2D eigenvalue weighted by atomic mass is 32.2.